The molecule has 0 N–H and O–H groups in total. The predicted molar refractivity (Wildman–Crippen MR) is 71.2 cm³/mol. The van der Waals surface area contributed by atoms with Gasteiger partial charge in [0.2, 0.25) is 4.80 Å². The van der Waals surface area contributed by atoms with Crippen molar-refractivity contribution in [3.63, 3.8) is 0 Å². The van der Waals surface area contributed by atoms with Crippen LogP contribution in [0.15, 0.2) is 40.8 Å². The number of benzene rings is 1. The minimum Gasteiger partial charge on any atom is -0.448 e. The van der Waals surface area contributed by atoms with Crippen molar-refractivity contribution in [2.45, 2.75) is 6.92 Å². The van der Waals surface area contributed by atoms with E-state index in [0.29, 0.717) is 16.4 Å². The maximum Gasteiger partial charge on any atom is 0.436 e. The Balaban J connectivity index is 2.46. The molecule has 2 rings (SSSR count). The van der Waals surface area contributed by atoms with Gasteiger partial charge in [-0.2, -0.15) is 0 Å². The zero-order valence-corrected chi connectivity index (χ0v) is 11.2. The van der Waals surface area contributed by atoms with Gasteiger partial charge in [0.05, 0.1) is 17.3 Å². The van der Waals surface area contributed by atoms with Crippen molar-refractivity contribution < 1.29 is 9.53 Å². The third kappa shape index (κ3) is 2.80. The Bertz CT molecular complexity index is 618. The van der Waals surface area contributed by atoms with Crippen LogP contribution in [-0.2, 0) is 4.74 Å². The Morgan fingerprint density at radius 1 is 1.50 bits per heavy atom. The van der Waals surface area contributed by atoms with Crippen LogP contribution in [-0.4, -0.2) is 17.3 Å². The van der Waals surface area contributed by atoms with Gasteiger partial charge in [0, 0.05) is 11.6 Å². The fraction of sp³-hybridized carbons (Fsp3) is 0.167. The monoisotopic (exact) mass is 282 g/mol. The molecule has 0 aliphatic rings. The Morgan fingerprint density at radius 3 is 3.00 bits per heavy atom. The van der Waals surface area contributed by atoms with Crippen LogP contribution in [0.2, 0.25) is 5.02 Å². The first-order valence-corrected chi connectivity index (χ1v) is 6.60. The molecule has 0 fully saturated rings. The van der Waals surface area contributed by atoms with E-state index < -0.39 is 6.09 Å². The minimum absolute atomic E-state index is 0.305. The summed E-state index contributed by atoms with van der Waals surface area (Å²) in [7, 11) is 0. The molecule has 1 heterocycles. The van der Waals surface area contributed by atoms with Gasteiger partial charge in [0.15, 0.2) is 0 Å². The number of para-hydroxylation sites is 1. The van der Waals surface area contributed by atoms with Crippen LogP contribution >= 0.6 is 22.9 Å². The summed E-state index contributed by atoms with van der Waals surface area (Å²) < 4.78 is 6.54. The molecule has 0 saturated carbocycles. The number of rotatable bonds is 2. The van der Waals surface area contributed by atoms with Gasteiger partial charge in [0.1, 0.15) is 0 Å². The molecule has 1 amide bonds. The molecule has 0 bridgehead atoms. The molecule has 18 heavy (non-hydrogen) atoms. The fourth-order valence-electron chi connectivity index (χ4n) is 1.42. The van der Waals surface area contributed by atoms with Crippen molar-refractivity contribution in [1.29, 1.82) is 0 Å². The maximum atomic E-state index is 11.4. The average Bonchev–Trinajstić information content (AvgIpc) is 2.78. The van der Waals surface area contributed by atoms with Crippen molar-refractivity contribution in [3.05, 3.63) is 45.7 Å². The van der Waals surface area contributed by atoms with Crippen molar-refractivity contribution in [2.24, 2.45) is 4.99 Å². The van der Waals surface area contributed by atoms with E-state index >= 15 is 0 Å². The lowest BCUT2D eigenvalue weighted by molar-refractivity contribution is 0.162. The lowest BCUT2D eigenvalue weighted by Gasteiger charge is -2.04. The fourth-order valence-corrected chi connectivity index (χ4v) is 2.35. The molecule has 6 heteroatoms. The van der Waals surface area contributed by atoms with Crippen LogP contribution in [0.1, 0.15) is 6.92 Å². The molecule has 0 saturated heterocycles. The van der Waals surface area contributed by atoms with Crippen LogP contribution in [0, 0.1) is 0 Å². The van der Waals surface area contributed by atoms with Crippen molar-refractivity contribution >= 4 is 29.0 Å². The SMILES string of the molecule is CCOC(=O)/N=c1\sccn1-c1ccccc1Cl. The molecule has 1 aromatic carbocycles. The second-order valence-corrected chi connectivity index (χ2v) is 4.60. The Hall–Kier alpha value is -1.59. The molecule has 4 nitrogen and oxygen atoms in total. The Morgan fingerprint density at radius 2 is 2.28 bits per heavy atom. The number of ether oxygens (including phenoxy) is 1. The molecule has 0 unspecified atom stereocenters. The van der Waals surface area contributed by atoms with Gasteiger partial charge in [-0.25, -0.2) is 4.79 Å². The summed E-state index contributed by atoms with van der Waals surface area (Å²) in [6.45, 7) is 2.05. The van der Waals surface area contributed by atoms with Crippen LogP contribution in [0.5, 0.6) is 0 Å². The second kappa shape index (κ2) is 5.84. The number of carbonyl (C=O) groups is 1. The second-order valence-electron chi connectivity index (χ2n) is 3.32. The number of hydrogen-bond donors (Lipinski definition) is 0. The Kier molecular flexibility index (Phi) is 4.17. The third-order valence-electron chi connectivity index (χ3n) is 2.16. The quantitative estimate of drug-likeness (QED) is 0.849. The molecule has 0 aliphatic carbocycles. The summed E-state index contributed by atoms with van der Waals surface area (Å²) in [4.78, 5) is 15.8. The minimum atomic E-state index is -0.597. The van der Waals surface area contributed by atoms with E-state index in [1.807, 2.05) is 29.8 Å². The maximum absolute atomic E-state index is 11.4. The first-order chi connectivity index (χ1) is 8.72. The average molecular weight is 283 g/mol. The summed E-state index contributed by atoms with van der Waals surface area (Å²) in [5.41, 5.74) is 0.781. The summed E-state index contributed by atoms with van der Waals surface area (Å²) in [5, 5.41) is 2.43. The van der Waals surface area contributed by atoms with E-state index in [-0.39, 0.29) is 0 Å². The van der Waals surface area contributed by atoms with E-state index in [1.165, 1.54) is 11.3 Å². The highest BCUT2D eigenvalue weighted by molar-refractivity contribution is 7.07. The van der Waals surface area contributed by atoms with Crippen molar-refractivity contribution in [2.75, 3.05) is 6.61 Å². The zero-order chi connectivity index (χ0) is 13.0. The zero-order valence-electron chi connectivity index (χ0n) is 9.67. The van der Waals surface area contributed by atoms with E-state index in [9.17, 15) is 4.79 Å². The summed E-state index contributed by atoms with van der Waals surface area (Å²) in [5.74, 6) is 0. The largest absolute Gasteiger partial charge is 0.448 e. The van der Waals surface area contributed by atoms with Gasteiger partial charge in [-0.15, -0.1) is 16.3 Å². The molecule has 0 atom stereocenters. The molecule has 0 aliphatic heterocycles. The Labute approximate surface area is 113 Å². The number of carbonyl (C=O) groups excluding carboxylic acids is 1. The molecule has 0 spiro atoms. The van der Waals surface area contributed by atoms with Gasteiger partial charge in [0.25, 0.3) is 0 Å². The summed E-state index contributed by atoms with van der Waals surface area (Å²) in [6, 6.07) is 7.37. The molecule has 2 aromatic rings. The van der Waals surface area contributed by atoms with Crippen LogP contribution in [0.3, 0.4) is 0 Å². The highest BCUT2D eigenvalue weighted by Gasteiger charge is 2.05. The third-order valence-corrected chi connectivity index (χ3v) is 3.23. The highest BCUT2D eigenvalue weighted by Crippen LogP contribution is 2.18. The lowest BCUT2D eigenvalue weighted by atomic mass is 10.3. The lowest BCUT2D eigenvalue weighted by Crippen LogP contribution is -2.15. The van der Waals surface area contributed by atoms with Gasteiger partial charge in [-0.05, 0) is 19.1 Å². The number of amides is 1. The van der Waals surface area contributed by atoms with E-state index in [2.05, 4.69) is 4.99 Å². The van der Waals surface area contributed by atoms with Gasteiger partial charge >= 0.3 is 6.09 Å². The molecule has 94 valence electrons. The standard InChI is InChI=1S/C12H11ClN2O2S/c1-2-17-12(16)14-11-15(7-8-18-11)10-6-4-3-5-9(10)13/h3-8H,2H2,1H3/b14-11-. The van der Waals surface area contributed by atoms with Crippen LogP contribution in [0.4, 0.5) is 4.79 Å². The summed E-state index contributed by atoms with van der Waals surface area (Å²) in [6.07, 6.45) is 1.21. The van der Waals surface area contributed by atoms with Gasteiger partial charge in [-0.1, -0.05) is 23.7 Å². The van der Waals surface area contributed by atoms with Crippen molar-refractivity contribution in [1.82, 2.24) is 4.57 Å². The number of hydrogen-bond acceptors (Lipinski definition) is 3. The summed E-state index contributed by atoms with van der Waals surface area (Å²) >= 11 is 7.46. The normalized spacial score (nSPS) is 11.6. The number of nitrogens with zero attached hydrogens (tertiary/aromatic N) is 2. The van der Waals surface area contributed by atoms with E-state index in [0.717, 1.165) is 5.69 Å². The molecule has 1 aromatic heterocycles. The van der Waals surface area contributed by atoms with E-state index in [4.69, 9.17) is 16.3 Å². The molecular weight excluding hydrogens is 272 g/mol. The number of aromatic nitrogens is 1. The number of thiazole rings is 1. The first kappa shape index (κ1) is 12.9. The van der Waals surface area contributed by atoms with Gasteiger partial charge in [-0.3, -0.25) is 4.57 Å². The van der Waals surface area contributed by atoms with E-state index in [1.54, 1.807) is 17.6 Å². The molecular formula is C12H11ClN2O2S. The number of halogens is 1. The topological polar surface area (TPSA) is 43.6 Å². The van der Waals surface area contributed by atoms with Crippen LogP contribution in [0.25, 0.3) is 5.69 Å². The predicted octanol–water partition coefficient (Wildman–Crippen LogP) is 3.25. The van der Waals surface area contributed by atoms with Crippen molar-refractivity contribution in [3.8, 4) is 5.69 Å². The molecule has 0 radical (unpaired) electrons. The smallest absolute Gasteiger partial charge is 0.436 e. The first-order valence-electron chi connectivity index (χ1n) is 5.35. The highest BCUT2D eigenvalue weighted by atomic mass is 35.5. The van der Waals surface area contributed by atoms with Crippen LogP contribution < -0.4 is 4.80 Å². The van der Waals surface area contributed by atoms with Gasteiger partial charge < -0.3 is 4.74 Å².